The molecule has 2 heteroatoms. The molecule has 0 bridgehead atoms. The first-order valence-corrected chi connectivity index (χ1v) is 3.67. The second kappa shape index (κ2) is 3.49. The quantitative estimate of drug-likeness (QED) is 0.686. The highest BCUT2D eigenvalue weighted by Crippen LogP contribution is 2.11. The highest BCUT2D eigenvalue weighted by molar-refractivity contribution is 5.18. The molecule has 0 aliphatic rings. The minimum Gasteiger partial charge on any atom is -0.313 e. The van der Waals surface area contributed by atoms with Crippen molar-refractivity contribution in [3.8, 4) is 0 Å². The molecule has 0 radical (unpaired) electrons. The van der Waals surface area contributed by atoms with Crippen molar-refractivity contribution in [1.29, 1.82) is 0 Å². The molecule has 0 aromatic heterocycles. The average molecular weight is 153 g/mol. The minimum atomic E-state index is -0.183. The standard InChI is InChI=1S/C9H12FN/c1-7(11-2)8-3-5-9(10)6-4-8/h3-7,11H,1-2H3/t7-/m0/s1. The lowest BCUT2D eigenvalue weighted by atomic mass is 10.1. The maximum absolute atomic E-state index is 12.4. The van der Waals surface area contributed by atoms with Gasteiger partial charge in [-0.1, -0.05) is 12.1 Å². The van der Waals surface area contributed by atoms with Gasteiger partial charge in [0, 0.05) is 6.04 Å². The number of rotatable bonds is 2. The van der Waals surface area contributed by atoms with Crippen molar-refractivity contribution >= 4 is 0 Å². The monoisotopic (exact) mass is 153 g/mol. The van der Waals surface area contributed by atoms with Gasteiger partial charge in [-0.25, -0.2) is 4.39 Å². The van der Waals surface area contributed by atoms with E-state index in [4.69, 9.17) is 0 Å². The number of nitrogens with one attached hydrogen (secondary N) is 1. The van der Waals surface area contributed by atoms with Crippen molar-refractivity contribution in [3.05, 3.63) is 35.6 Å². The number of benzene rings is 1. The lowest BCUT2D eigenvalue weighted by Gasteiger charge is -2.09. The van der Waals surface area contributed by atoms with Crippen molar-refractivity contribution in [2.45, 2.75) is 13.0 Å². The van der Waals surface area contributed by atoms with Crippen LogP contribution in [0.4, 0.5) is 4.39 Å². The van der Waals surface area contributed by atoms with Crippen LogP contribution in [0.25, 0.3) is 0 Å². The van der Waals surface area contributed by atoms with Gasteiger partial charge in [-0.15, -0.1) is 0 Å². The van der Waals surface area contributed by atoms with E-state index < -0.39 is 0 Å². The summed E-state index contributed by atoms with van der Waals surface area (Å²) in [7, 11) is 1.88. The molecule has 11 heavy (non-hydrogen) atoms. The number of hydrogen-bond donors (Lipinski definition) is 1. The molecule has 0 heterocycles. The van der Waals surface area contributed by atoms with Gasteiger partial charge in [0.1, 0.15) is 5.82 Å². The van der Waals surface area contributed by atoms with E-state index in [9.17, 15) is 4.39 Å². The molecule has 0 unspecified atom stereocenters. The van der Waals surface area contributed by atoms with Gasteiger partial charge in [-0.2, -0.15) is 0 Å². The summed E-state index contributed by atoms with van der Waals surface area (Å²) >= 11 is 0. The summed E-state index contributed by atoms with van der Waals surface area (Å²) in [6, 6.07) is 6.81. The predicted molar refractivity (Wildman–Crippen MR) is 43.9 cm³/mol. The Kier molecular flexibility index (Phi) is 2.60. The third-order valence-corrected chi connectivity index (χ3v) is 1.80. The van der Waals surface area contributed by atoms with Crippen molar-refractivity contribution in [1.82, 2.24) is 5.32 Å². The SMILES string of the molecule is CN[C@@H](C)c1ccc(F)cc1. The van der Waals surface area contributed by atoms with E-state index in [2.05, 4.69) is 5.32 Å². The minimum absolute atomic E-state index is 0.183. The van der Waals surface area contributed by atoms with Gasteiger partial charge in [-0.05, 0) is 31.7 Å². The molecule has 0 aliphatic heterocycles. The summed E-state index contributed by atoms with van der Waals surface area (Å²) in [5, 5.41) is 3.08. The van der Waals surface area contributed by atoms with Crippen LogP contribution in [0.3, 0.4) is 0 Å². The van der Waals surface area contributed by atoms with Crippen LogP contribution in [0.5, 0.6) is 0 Å². The van der Waals surface area contributed by atoms with Gasteiger partial charge in [-0.3, -0.25) is 0 Å². The molecule has 0 fully saturated rings. The fourth-order valence-corrected chi connectivity index (χ4v) is 0.918. The Morgan fingerprint density at radius 2 is 1.82 bits per heavy atom. The van der Waals surface area contributed by atoms with E-state index in [1.807, 2.05) is 14.0 Å². The molecule has 1 aromatic rings. The highest BCUT2D eigenvalue weighted by Gasteiger charge is 2.00. The van der Waals surface area contributed by atoms with E-state index in [0.717, 1.165) is 5.56 Å². The molecule has 0 saturated heterocycles. The second-order valence-electron chi connectivity index (χ2n) is 2.56. The largest absolute Gasteiger partial charge is 0.313 e. The Hall–Kier alpha value is -0.890. The smallest absolute Gasteiger partial charge is 0.123 e. The molecule has 0 aliphatic carbocycles. The average Bonchev–Trinajstić information content (AvgIpc) is 2.05. The van der Waals surface area contributed by atoms with E-state index >= 15 is 0 Å². The Balaban J connectivity index is 2.81. The summed E-state index contributed by atoms with van der Waals surface area (Å²) in [6.07, 6.45) is 0. The van der Waals surface area contributed by atoms with Gasteiger partial charge in [0.05, 0.1) is 0 Å². The molecule has 1 atom stereocenters. The van der Waals surface area contributed by atoms with Crippen LogP contribution < -0.4 is 5.32 Å². The summed E-state index contributed by atoms with van der Waals surface area (Å²) in [6.45, 7) is 2.03. The zero-order valence-electron chi connectivity index (χ0n) is 6.76. The van der Waals surface area contributed by atoms with Crippen molar-refractivity contribution in [3.63, 3.8) is 0 Å². The zero-order valence-corrected chi connectivity index (χ0v) is 6.76. The van der Waals surface area contributed by atoms with Gasteiger partial charge < -0.3 is 5.32 Å². The summed E-state index contributed by atoms with van der Waals surface area (Å²) in [5.41, 5.74) is 1.11. The molecule has 1 aromatic carbocycles. The van der Waals surface area contributed by atoms with Crippen LogP contribution in [0.15, 0.2) is 24.3 Å². The molecule has 1 nitrogen and oxygen atoms in total. The number of halogens is 1. The normalized spacial score (nSPS) is 13.0. The zero-order chi connectivity index (χ0) is 8.27. The van der Waals surface area contributed by atoms with Crippen molar-refractivity contribution < 1.29 is 4.39 Å². The van der Waals surface area contributed by atoms with E-state index in [-0.39, 0.29) is 11.9 Å². The first-order chi connectivity index (χ1) is 5.24. The maximum atomic E-state index is 12.4. The summed E-state index contributed by atoms with van der Waals surface area (Å²) < 4.78 is 12.4. The van der Waals surface area contributed by atoms with Crippen molar-refractivity contribution in [2.24, 2.45) is 0 Å². The van der Waals surface area contributed by atoms with Gasteiger partial charge in [0.2, 0.25) is 0 Å². The fraction of sp³-hybridized carbons (Fsp3) is 0.333. The van der Waals surface area contributed by atoms with Gasteiger partial charge in [0.15, 0.2) is 0 Å². The lowest BCUT2D eigenvalue weighted by molar-refractivity contribution is 0.619. The fourth-order valence-electron chi connectivity index (χ4n) is 0.918. The van der Waals surface area contributed by atoms with Crippen LogP contribution in [-0.2, 0) is 0 Å². The molecule has 0 spiro atoms. The first kappa shape index (κ1) is 8.21. The summed E-state index contributed by atoms with van der Waals surface area (Å²) in [5.74, 6) is -0.183. The third-order valence-electron chi connectivity index (χ3n) is 1.80. The highest BCUT2D eigenvalue weighted by atomic mass is 19.1. The Labute approximate surface area is 66.2 Å². The molecule has 0 amide bonds. The van der Waals surface area contributed by atoms with Gasteiger partial charge >= 0.3 is 0 Å². The van der Waals surface area contributed by atoms with Crippen LogP contribution in [0.2, 0.25) is 0 Å². The lowest BCUT2D eigenvalue weighted by Crippen LogP contribution is -2.11. The Morgan fingerprint density at radius 3 is 2.27 bits per heavy atom. The van der Waals surface area contributed by atoms with Crippen LogP contribution in [0.1, 0.15) is 18.5 Å². The molecule has 1 N–H and O–H groups in total. The Bertz CT molecular complexity index is 218. The third kappa shape index (κ3) is 2.02. The number of hydrogen-bond acceptors (Lipinski definition) is 1. The van der Waals surface area contributed by atoms with E-state index in [0.29, 0.717) is 0 Å². The predicted octanol–water partition coefficient (Wildman–Crippen LogP) is 2.11. The maximum Gasteiger partial charge on any atom is 0.123 e. The van der Waals surface area contributed by atoms with Crippen molar-refractivity contribution in [2.75, 3.05) is 7.05 Å². The molecular formula is C9H12FN. The molecular weight excluding hydrogens is 141 g/mol. The topological polar surface area (TPSA) is 12.0 Å². The van der Waals surface area contributed by atoms with Crippen LogP contribution in [0, 0.1) is 5.82 Å². The molecule has 60 valence electrons. The van der Waals surface area contributed by atoms with Crippen LogP contribution >= 0.6 is 0 Å². The molecule has 0 saturated carbocycles. The first-order valence-electron chi connectivity index (χ1n) is 3.67. The van der Waals surface area contributed by atoms with E-state index in [1.54, 1.807) is 12.1 Å². The summed E-state index contributed by atoms with van der Waals surface area (Å²) in [4.78, 5) is 0. The Morgan fingerprint density at radius 1 is 1.27 bits per heavy atom. The van der Waals surface area contributed by atoms with Crippen LogP contribution in [-0.4, -0.2) is 7.05 Å². The van der Waals surface area contributed by atoms with E-state index in [1.165, 1.54) is 12.1 Å². The second-order valence-corrected chi connectivity index (χ2v) is 2.56. The molecule has 1 rings (SSSR count). The van der Waals surface area contributed by atoms with Gasteiger partial charge in [0.25, 0.3) is 0 Å².